The zero-order valence-electron chi connectivity index (χ0n) is 25.2. The normalized spacial score (nSPS) is 11.7. The van der Waals surface area contributed by atoms with Crippen LogP contribution in [-0.4, -0.2) is 34.0 Å². The number of hydrogen-bond donors (Lipinski definition) is 4. The molecule has 0 aromatic heterocycles. The minimum atomic E-state index is -1.55. The molecule has 6 N–H and O–H groups in total. The molecule has 5 rings (SSSR count). The lowest BCUT2D eigenvalue weighted by atomic mass is 9.76. The molecule has 8 nitrogen and oxygen atoms in total. The van der Waals surface area contributed by atoms with E-state index in [1.54, 1.807) is 6.07 Å². The Balaban J connectivity index is 2.16. The van der Waals surface area contributed by atoms with Crippen LogP contribution in [0.5, 0.6) is 0 Å². The summed E-state index contributed by atoms with van der Waals surface area (Å²) in [7, 11) is 0. The van der Waals surface area contributed by atoms with Gasteiger partial charge in [0.25, 0.3) is 0 Å². The summed E-state index contributed by atoms with van der Waals surface area (Å²) in [5.74, 6) is -5.01. The van der Waals surface area contributed by atoms with Gasteiger partial charge in [-0.15, -0.1) is 0 Å². The van der Waals surface area contributed by atoms with Crippen LogP contribution in [0.15, 0.2) is 36.4 Å². The van der Waals surface area contributed by atoms with E-state index in [0.717, 1.165) is 73.1 Å². The minimum absolute atomic E-state index is 0.0805. The lowest BCUT2D eigenvalue weighted by Crippen LogP contribution is -2.26. The second-order valence-electron chi connectivity index (χ2n) is 11.6. The fourth-order valence-electron chi connectivity index (χ4n) is 7.13. The van der Waals surface area contributed by atoms with Gasteiger partial charge in [-0.05, 0) is 63.7 Å². The molecule has 228 valence electrons. The molecule has 0 aliphatic heterocycles. The maximum absolute atomic E-state index is 13.3. The third kappa shape index (κ3) is 4.98. The van der Waals surface area contributed by atoms with E-state index in [-0.39, 0.29) is 21.9 Å². The molecule has 2 amide bonds. The van der Waals surface area contributed by atoms with Crippen molar-refractivity contribution >= 4 is 66.8 Å². The highest BCUT2D eigenvalue weighted by Gasteiger charge is 2.35. The summed E-state index contributed by atoms with van der Waals surface area (Å²) in [6, 6.07) is 11.4. The minimum Gasteiger partial charge on any atom is -0.478 e. The summed E-state index contributed by atoms with van der Waals surface area (Å²) in [5, 5.41) is 25.8. The molecule has 0 saturated carbocycles. The number of primary amides is 2. The van der Waals surface area contributed by atoms with Gasteiger partial charge in [0.15, 0.2) is 0 Å². The number of amides is 2. The van der Waals surface area contributed by atoms with Crippen LogP contribution < -0.4 is 11.5 Å². The molecule has 0 heterocycles. The maximum Gasteiger partial charge on any atom is 0.337 e. The van der Waals surface area contributed by atoms with Gasteiger partial charge < -0.3 is 21.7 Å². The summed E-state index contributed by atoms with van der Waals surface area (Å²) < 4.78 is 0. The van der Waals surface area contributed by atoms with Crippen LogP contribution in [0.4, 0.5) is 0 Å². The predicted octanol–water partition coefficient (Wildman–Crippen LogP) is 7.58. The maximum atomic E-state index is 13.3. The molecule has 0 fully saturated rings. The number of benzene rings is 5. The number of aromatic carboxylic acids is 2. The van der Waals surface area contributed by atoms with Crippen LogP contribution in [-0.2, 0) is 12.8 Å². The Hall–Kier alpha value is -4.72. The van der Waals surface area contributed by atoms with Crippen LogP contribution in [0.3, 0.4) is 0 Å². The molecule has 0 saturated heterocycles. The van der Waals surface area contributed by atoms with Gasteiger partial charge in [-0.25, -0.2) is 9.59 Å². The lowest BCUT2D eigenvalue weighted by Gasteiger charge is -2.26. The quantitative estimate of drug-likeness (QED) is 0.0589. The summed E-state index contributed by atoms with van der Waals surface area (Å²) in [4.78, 5) is 52.6. The van der Waals surface area contributed by atoms with E-state index in [1.807, 2.05) is 30.3 Å². The Morgan fingerprint density at radius 2 is 1.07 bits per heavy atom. The highest BCUT2D eigenvalue weighted by atomic mass is 16.4. The van der Waals surface area contributed by atoms with Crippen molar-refractivity contribution in [2.45, 2.75) is 78.1 Å². The van der Waals surface area contributed by atoms with E-state index in [9.17, 15) is 29.4 Å². The zero-order chi connectivity index (χ0) is 31.7. The molecular weight excluding hydrogens is 556 g/mol. The molecule has 0 unspecified atom stereocenters. The second kappa shape index (κ2) is 12.5. The Morgan fingerprint density at radius 1 is 0.545 bits per heavy atom. The number of unbranched alkanes of at least 4 members (excludes halogenated alkanes) is 6. The molecule has 44 heavy (non-hydrogen) atoms. The number of carbonyl (C=O) groups is 4. The van der Waals surface area contributed by atoms with Crippen molar-refractivity contribution in [3.63, 3.8) is 0 Å². The van der Waals surface area contributed by atoms with Gasteiger partial charge in [0, 0.05) is 16.2 Å². The topological polar surface area (TPSA) is 161 Å². The molecule has 0 atom stereocenters. The molecule has 8 heteroatoms. The molecule has 0 aliphatic rings. The van der Waals surface area contributed by atoms with Crippen molar-refractivity contribution in [2.75, 3.05) is 0 Å². The molecular formula is C36H38N2O6. The molecule has 5 aromatic carbocycles. The third-order valence-corrected chi connectivity index (χ3v) is 8.89. The van der Waals surface area contributed by atoms with Crippen LogP contribution in [0.2, 0.25) is 0 Å². The summed E-state index contributed by atoms with van der Waals surface area (Å²) >= 11 is 0. The van der Waals surface area contributed by atoms with Crippen molar-refractivity contribution in [2.24, 2.45) is 11.5 Å². The van der Waals surface area contributed by atoms with Gasteiger partial charge in [0.1, 0.15) is 0 Å². The largest absolute Gasteiger partial charge is 0.478 e. The van der Waals surface area contributed by atoms with Gasteiger partial charge >= 0.3 is 11.9 Å². The van der Waals surface area contributed by atoms with Gasteiger partial charge in [0.05, 0.1) is 22.3 Å². The number of rotatable bonds is 14. The smallest absolute Gasteiger partial charge is 0.337 e. The number of aryl methyl sites for hydroxylation is 1. The van der Waals surface area contributed by atoms with Crippen molar-refractivity contribution in [1.82, 2.24) is 0 Å². The van der Waals surface area contributed by atoms with Crippen molar-refractivity contribution < 1.29 is 29.4 Å². The SMILES string of the molecule is CCCCCCc1c(C(=O)O)c2c(C(=O)O)c(C(N)=O)c(C(N)=O)c3c4cccc5cccc(c(c1CCCCCC)c23)c54. The third-order valence-electron chi connectivity index (χ3n) is 8.89. The first-order chi connectivity index (χ1) is 21.1. The molecule has 5 aromatic rings. The van der Waals surface area contributed by atoms with Gasteiger partial charge in [-0.2, -0.15) is 0 Å². The average molecular weight is 595 g/mol. The standard InChI is InChI=1S/C36H38N2O6/c1-3-5-7-9-15-20-21(16-10-8-6-4-2)27(35(41)42)29-28-25(20)22-17-11-13-19-14-12-18-23(24(19)22)26(28)30(33(37)39)31(34(38)40)32(29)36(43)44/h11-14,17-18H,3-10,15-16H2,1-2H3,(H2,37,39)(H2,38,40)(H,41,42)(H,43,44). The Labute approximate surface area is 255 Å². The fraction of sp³-hybridized carbons (Fsp3) is 0.333. The number of nitrogens with two attached hydrogens (primary N) is 2. The molecule has 0 spiro atoms. The number of hydrogen-bond acceptors (Lipinski definition) is 4. The molecule has 0 bridgehead atoms. The monoisotopic (exact) mass is 594 g/mol. The number of carbonyl (C=O) groups excluding carboxylic acids is 2. The lowest BCUT2D eigenvalue weighted by molar-refractivity contribution is 0.0693. The average Bonchev–Trinajstić information content (AvgIpc) is 2.98. The van der Waals surface area contributed by atoms with E-state index in [1.165, 1.54) is 0 Å². The number of carboxylic acids is 2. The Kier molecular flexibility index (Phi) is 8.72. The highest BCUT2D eigenvalue weighted by Crippen LogP contribution is 2.48. The summed E-state index contributed by atoms with van der Waals surface area (Å²) in [6.07, 6.45) is 8.44. The van der Waals surface area contributed by atoms with Crippen LogP contribution in [0, 0.1) is 0 Å². The second-order valence-corrected chi connectivity index (χ2v) is 11.6. The molecule has 0 aliphatic carbocycles. The first-order valence-corrected chi connectivity index (χ1v) is 15.5. The Morgan fingerprint density at radius 3 is 1.57 bits per heavy atom. The van der Waals surface area contributed by atoms with Crippen LogP contribution in [0.25, 0.3) is 43.1 Å². The highest BCUT2D eigenvalue weighted by molar-refractivity contribution is 6.41. The van der Waals surface area contributed by atoms with Crippen molar-refractivity contribution in [3.8, 4) is 0 Å². The first-order valence-electron chi connectivity index (χ1n) is 15.5. The van der Waals surface area contributed by atoms with Crippen molar-refractivity contribution in [3.05, 3.63) is 69.8 Å². The van der Waals surface area contributed by atoms with E-state index in [4.69, 9.17) is 11.5 Å². The van der Waals surface area contributed by atoms with Crippen LogP contribution in [0.1, 0.15) is 118 Å². The Bertz CT molecular complexity index is 1950. The van der Waals surface area contributed by atoms with Crippen LogP contribution >= 0.6 is 0 Å². The molecule has 0 radical (unpaired) electrons. The summed E-state index contributed by atoms with van der Waals surface area (Å²) in [6.45, 7) is 4.23. The van der Waals surface area contributed by atoms with E-state index >= 15 is 0 Å². The first kappa shape index (κ1) is 30.7. The summed E-state index contributed by atoms with van der Waals surface area (Å²) in [5.41, 5.74) is 11.6. The van der Waals surface area contributed by atoms with Crippen molar-refractivity contribution in [1.29, 1.82) is 0 Å². The van der Waals surface area contributed by atoms with Gasteiger partial charge in [-0.3, -0.25) is 9.59 Å². The number of carboxylic acid groups (broad SMARTS) is 2. The van der Waals surface area contributed by atoms with Gasteiger partial charge in [-0.1, -0.05) is 88.8 Å². The van der Waals surface area contributed by atoms with E-state index in [2.05, 4.69) is 13.8 Å². The fourth-order valence-corrected chi connectivity index (χ4v) is 7.13. The van der Waals surface area contributed by atoms with E-state index in [0.29, 0.717) is 34.6 Å². The van der Waals surface area contributed by atoms with Gasteiger partial charge in [0.2, 0.25) is 11.8 Å². The predicted molar refractivity (Wildman–Crippen MR) is 174 cm³/mol. The number of fused-ring (bicyclic) bond motifs is 2. The van der Waals surface area contributed by atoms with E-state index < -0.39 is 34.9 Å². The zero-order valence-corrected chi connectivity index (χ0v) is 25.2.